The van der Waals surface area contributed by atoms with E-state index in [9.17, 15) is 0 Å². The van der Waals surface area contributed by atoms with Gasteiger partial charge in [-0.25, -0.2) is 9.97 Å². The predicted octanol–water partition coefficient (Wildman–Crippen LogP) is 2.03. The average Bonchev–Trinajstić information content (AvgIpc) is 2.75. The predicted molar refractivity (Wildman–Crippen MR) is 69.7 cm³/mol. The Morgan fingerprint density at radius 1 is 1.39 bits per heavy atom. The molecule has 0 spiro atoms. The van der Waals surface area contributed by atoms with E-state index in [0.29, 0.717) is 23.3 Å². The molecule has 2 aromatic rings. The molecular formula is C11H15N5OS. The van der Waals surface area contributed by atoms with E-state index >= 15 is 0 Å². The van der Waals surface area contributed by atoms with Gasteiger partial charge in [0, 0.05) is 0 Å². The molecule has 96 valence electrons. The molecule has 0 unspecified atom stereocenters. The van der Waals surface area contributed by atoms with Crippen LogP contribution in [0.15, 0.2) is 22.3 Å². The number of pyridine rings is 1. The lowest BCUT2D eigenvalue weighted by atomic mass is 10.4. The second kappa shape index (κ2) is 5.72. The molecule has 6 nitrogen and oxygen atoms in total. The minimum Gasteiger partial charge on any atom is -0.476 e. The number of aromatic nitrogens is 4. The molecule has 0 bridgehead atoms. The highest BCUT2D eigenvalue weighted by Gasteiger charge is 2.08. The van der Waals surface area contributed by atoms with Gasteiger partial charge in [0.25, 0.3) is 0 Å². The van der Waals surface area contributed by atoms with Crippen LogP contribution in [0.25, 0.3) is 0 Å². The summed E-state index contributed by atoms with van der Waals surface area (Å²) in [5.74, 6) is 1.24. The van der Waals surface area contributed by atoms with E-state index in [2.05, 4.69) is 20.2 Å². The van der Waals surface area contributed by atoms with Crippen molar-refractivity contribution in [2.45, 2.75) is 30.5 Å². The first kappa shape index (κ1) is 12.7. The van der Waals surface area contributed by atoms with Crippen LogP contribution < -0.4 is 10.5 Å². The van der Waals surface area contributed by atoms with E-state index in [0.717, 1.165) is 17.3 Å². The molecule has 0 atom stereocenters. The Labute approximate surface area is 109 Å². The lowest BCUT2D eigenvalue weighted by Gasteiger charge is -2.07. The molecule has 2 heterocycles. The largest absolute Gasteiger partial charge is 0.476 e. The zero-order valence-electron chi connectivity index (χ0n) is 10.3. The third kappa shape index (κ3) is 3.13. The van der Waals surface area contributed by atoms with E-state index in [-0.39, 0.29) is 0 Å². The van der Waals surface area contributed by atoms with Gasteiger partial charge in [-0.1, -0.05) is 6.92 Å². The summed E-state index contributed by atoms with van der Waals surface area (Å²) in [6.07, 6.45) is 0.915. The third-order valence-corrected chi connectivity index (χ3v) is 2.88. The fraction of sp³-hybridized carbons (Fsp3) is 0.364. The summed E-state index contributed by atoms with van der Waals surface area (Å²) >= 11 is 1.36. The first-order chi connectivity index (χ1) is 8.69. The van der Waals surface area contributed by atoms with Crippen LogP contribution >= 0.6 is 11.8 Å². The van der Waals surface area contributed by atoms with Crippen molar-refractivity contribution >= 4 is 17.4 Å². The van der Waals surface area contributed by atoms with Crippen LogP contribution in [0.5, 0.6) is 5.88 Å². The van der Waals surface area contributed by atoms with E-state index in [4.69, 9.17) is 10.5 Å². The number of nitrogens with one attached hydrogen (secondary N) is 1. The molecule has 0 aliphatic rings. The van der Waals surface area contributed by atoms with E-state index in [1.54, 1.807) is 6.07 Å². The molecule has 0 aromatic carbocycles. The second-order valence-corrected chi connectivity index (χ2v) is 4.69. The number of rotatable bonds is 5. The summed E-state index contributed by atoms with van der Waals surface area (Å²) in [7, 11) is 0. The Hall–Kier alpha value is -1.76. The van der Waals surface area contributed by atoms with Gasteiger partial charge in [-0.3, -0.25) is 5.10 Å². The van der Waals surface area contributed by atoms with Crippen molar-refractivity contribution in [2.24, 2.45) is 0 Å². The normalized spacial score (nSPS) is 10.6. The van der Waals surface area contributed by atoms with Gasteiger partial charge in [0.05, 0.1) is 12.3 Å². The lowest BCUT2D eigenvalue weighted by molar-refractivity contribution is 0.305. The van der Waals surface area contributed by atoms with Crippen LogP contribution in [-0.2, 0) is 0 Å². The number of ether oxygens (including phenoxy) is 1. The Bertz CT molecular complexity index is 528. The molecule has 2 rings (SSSR count). The second-order valence-electron chi connectivity index (χ2n) is 3.70. The molecule has 18 heavy (non-hydrogen) atoms. The maximum absolute atomic E-state index is 5.79. The topological polar surface area (TPSA) is 89.7 Å². The molecular weight excluding hydrogens is 250 g/mol. The van der Waals surface area contributed by atoms with Gasteiger partial charge in [-0.2, -0.15) is 0 Å². The molecule has 0 radical (unpaired) electrons. The standard InChI is InChI=1S/C11H15N5OS/c1-3-6-17-10-8(12)4-5-9(14-10)18-11-13-7(2)15-16-11/h4-5H,3,6,12H2,1-2H3,(H,13,15,16). The van der Waals surface area contributed by atoms with Gasteiger partial charge in [-0.15, -0.1) is 5.10 Å². The number of nitrogens with two attached hydrogens (primary N) is 1. The van der Waals surface area contributed by atoms with Crippen LogP contribution in [0.2, 0.25) is 0 Å². The molecule has 2 aromatic heterocycles. The first-order valence-corrected chi connectivity index (χ1v) is 6.47. The number of hydrogen-bond acceptors (Lipinski definition) is 6. The molecule has 0 aliphatic heterocycles. The average molecular weight is 265 g/mol. The molecule has 3 N–H and O–H groups in total. The zero-order valence-corrected chi connectivity index (χ0v) is 11.1. The van der Waals surface area contributed by atoms with Gasteiger partial charge in [0.2, 0.25) is 11.0 Å². The summed E-state index contributed by atoms with van der Waals surface area (Å²) in [5, 5.41) is 8.21. The van der Waals surface area contributed by atoms with Crippen molar-refractivity contribution < 1.29 is 4.74 Å². The molecule has 0 saturated carbocycles. The van der Waals surface area contributed by atoms with Gasteiger partial charge in [0.15, 0.2) is 0 Å². The Morgan fingerprint density at radius 2 is 2.22 bits per heavy atom. The summed E-state index contributed by atoms with van der Waals surface area (Å²) in [4.78, 5) is 8.54. The summed E-state index contributed by atoms with van der Waals surface area (Å²) in [6, 6.07) is 3.60. The Kier molecular flexibility index (Phi) is 4.03. The van der Waals surface area contributed by atoms with Gasteiger partial charge < -0.3 is 10.5 Å². The van der Waals surface area contributed by atoms with Crippen molar-refractivity contribution in [1.29, 1.82) is 0 Å². The quantitative estimate of drug-likeness (QED) is 0.859. The van der Waals surface area contributed by atoms with E-state index in [1.807, 2.05) is 19.9 Å². The minimum atomic E-state index is 0.467. The van der Waals surface area contributed by atoms with E-state index < -0.39 is 0 Å². The third-order valence-electron chi connectivity index (χ3n) is 2.08. The van der Waals surface area contributed by atoms with Gasteiger partial charge >= 0.3 is 0 Å². The fourth-order valence-corrected chi connectivity index (χ4v) is 1.99. The monoisotopic (exact) mass is 265 g/mol. The molecule has 0 aliphatic carbocycles. The van der Waals surface area contributed by atoms with Crippen LogP contribution in [0.4, 0.5) is 5.69 Å². The SMILES string of the molecule is CCCOc1nc(Sc2n[nH]c(C)n2)ccc1N. The minimum absolute atomic E-state index is 0.467. The van der Waals surface area contributed by atoms with Crippen LogP contribution in [0, 0.1) is 6.92 Å². The number of aryl methyl sites for hydroxylation is 1. The lowest BCUT2D eigenvalue weighted by Crippen LogP contribution is -2.01. The number of hydrogen-bond donors (Lipinski definition) is 2. The number of nitrogen functional groups attached to an aromatic ring is 1. The van der Waals surface area contributed by atoms with Crippen molar-refractivity contribution in [3.05, 3.63) is 18.0 Å². The highest BCUT2D eigenvalue weighted by atomic mass is 32.2. The summed E-state index contributed by atoms with van der Waals surface area (Å²) in [5.41, 5.74) is 6.33. The van der Waals surface area contributed by atoms with Gasteiger partial charge in [-0.05, 0) is 37.2 Å². The maximum Gasteiger partial charge on any atom is 0.238 e. The number of aromatic amines is 1. The number of nitrogens with zero attached hydrogens (tertiary/aromatic N) is 3. The summed E-state index contributed by atoms with van der Waals surface area (Å²) in [6.45, 7) is 4.49. The van der Waals surface area contributed by atoms with Crippen molar-refractivity contribution in [1.82, 2.24) is 20.2 Å². The fourth-order valence-electron chi connectivity index (χ4n) is 1.27. The smallest absolute Gasteiger partial charge is 0.238 e. The molecule has 0 saturated heterocycles. The summed E-state index contributed by atoms with van der Waals surface area (Å²) < 4.78 is 5.47. The molecule has 0 fully saturated rings. The maximum atomic E-state index is 5.79. The zero-order chi connectivity index (χ0) is 13.0. The highest BCUT2D eigenvalue weighted by molar-refractivity contribution is 7.99. The molecule has 0 amide bonds. The van der Waals surface area contributed by atoms with Crippen molar-refractivity contribution in [3.8, 4) is 5.88 Å². The van der Waals surface area contributed by atoms with Crippen molar-refractivity contribution in [3.63, 3.8) is 0 Å². The van der Waals surface area contributed by atoms with Gasteiger partial charge in [0.1, 0.15) is 10.9 Å². The van der Waals surface area contributed by atoms with Crippen LogP contribution in [0.1, 0.15) is 19.2 Å². The van der Waals surface area contributed by atoms with Crippen LogP contribution in [0.3, 0.4) is 0 Å². The van der Waals surface area contributed by atoms with Crippen molar-refractivity contribution in [2.75, 3.05) is 12.3 Å². The highest BCUT2D eigenvalue weighted by Crippen LogP contribution is 2.27. The van der Waals surface area contributed by atoms with E-state index in [1.165, 1.54) is 11.8 Å². The number of anilines is 1. The van der Waals surface area contributed by atoms with Crippen LogP contribution in [-0.4, -0.2) is 26.8 Å². The molecule has 7 heteroatoms. The number of H-pyrrole nitrogens is 1. The Balaban J connectivity index is 2.13. The first-order valence-electron chi connectivity index (χ1n) is 5.65. The Morgan fingerprint density at radius 3 is 2.89 bits per heavy atom.